The van der Waals surface area contributed by atoms with E-state index in [1.54, 1.807) is 0 Å². The number of urea groups is 1. The molecule has 2 amide bonds. The minimum absolute atomic E-state index is 0.0621. The number of halogens is 2. The molecule has 1 atom stereocenters. The lowest BCUT2D eigenvalue weighted by atomic mass is 10.1. The highest BCUT2D eigenvalue weighted by Crippen LogP contribution is 2.36. The van der Waals surface area contributed by atoms with Crippen LogP contribution in [0.1, 0.15) is 31.2 Å². The summed E-state index contributed by atoms with van der Waals surface area (Å²) in [4.78, 5) is 11.6. The van der Waals surface area contributed by atoms with Crippen LogP contribution in [-0.4, -0.2) is 33.3 Å². The molecular formula is C10H14F2N4OS2. The molecule has 19 heavy (non-hydrogen) atoms. The zero-order valence-electron chi connectivity index (χ0n) is 10.3. The van der Waals surface area contributed by atoms with Gasteiger partial charge in [0.1, 0.15) is 0 Å². The standard InChI is InChI=1S/C10H14F2N4OS2/c1-10(3-2-4-18-10)5-13-8(17)14-9-16-15-7(19-9)6(11)12/h6H,2-5H2,1H3,(H2,13,14,16,17). The van der Waals surface area contributed by atoms with Crippen molar-refractivity contribution in [1.82, 2.24) is 15.5 Å². The highest BCUT2D eigenvalue weighted by molar-refractivity contribution is 8.00. The normalized spacial score (nSPS) is 22.7. The van der Waals surface area contributed by atoms with Crippen LogP contribution in [0.15, 0.2) is 0 Å². The molecular weight excluding hydrogens is 294 g/mol. The monoisotopic (exact) mass is 308 g/mol. The number of hydrogen-bond donors (Lipinski definition) is 2. The molecule has 0 radical (unpaired) electrons. The fraction of sp³-hybridized carbons (Fsp3) is 0.700. The molecule has 0 aromatic carbocycles. The highest BCUT2D eigenvalue weighted by atomic mass is 32.2. The smallest absolute Gasteiger partial charge is 0.321 e. The van der Waals surface area contributed by atoms with E-state index in [2.05, 4.69) is 27.8 Å². The maximum atomic E-state index is 12.3. The van der Waals surface area contributed by atoms with E-state index in [0.29, 0.717) is 17.9 Å². The summed E-state index contributed by atoms with van der Waals surface area (Å²) < 4.78 is 24.7. The maximum absolute atomic E-state index is 12.3. The second-order valence-corrected chi connectivity index (χ2v) is 7.15. The van der Waals surface area contributed by atoms with Crippen molar-refractivity contribution in [2.75, 3.05) is 17.6 Å². The fourth-order valence-electron chi connectivity index (χ4n) is 1.76. The number of carbonyl (C=O) groups excluding carboxylic acids is 1. The molecule has 1 aromatic rings. The average Bonchev–Trinajstić information content (AvgIpc) is 2.97. The number of carbonyl (C=O) groups is 1. The number of aromatic nitrogens is 2. The van der Waals surface area contributed by atoms with Crippen LogP contribution < -0.4 is 10.6 Å². The van der Waals surface area contributed by atoms with Gasteiger partial charge in [-0.1, -0.05) is 11.3 Å². The van der Waals surface area contributed by atoms with Gasteiger partial charge in [0, 0.05) is 11.3 Å². The van der Waals surface area contributed by atoms with Gasteiger partial charge >= 0.3 is 6.03 Å². The number of anilines is 1. The Kier molecular flexibility index (Phi) is 4.56. The molecule has 2 rings (SSSR count). The Morgan fingerprint density at radius 1 is 1.53 bits per heavy atom. The van der Waals surface area contributed by atoms with Gasteiger partial charge in [-0.3, -0.25) is 5.32 Å². The molecule has 1 aliphatic heterocycles. The first-order chi connectivity index (χ1) is 8.98. The summed E-state index contributed by atoms with van der Waals surface area (Å²) in [7, 11) is 0. The lowest BCUT2D eigenvalue weighted by molar-refractivity contribution is 0.150. The second kappa shape index (κ2) is 6.00. The number of alkyl halides is 2. The predicted molar refractivity (Wildman–Crippen MR) is 72.0 cm³/mol. The van der Waals surface area contributed by atoms with Crippen LogP contribution in [0.5, 0.6) is 0 Å². The van der Waals surface area contributed by atoms with E-state index >= 15 is 0 Å². The minimum Gasteiger partial charge on any atom is -0.336 e. The Morgan fingerprint density at radius 2 is 2.32 bits per heavy atom. The fourth-order valence-corrected chi connectivity index (χ4v) is 3.60. The Morgan fingerprint density at radius 3 is 2.89 bits per heavy atom. The highest BCUT2D eigenvalue weighted by Gasteiger charge is 2.29. The zero-order valence-corrected chi connectivity index (χ0v) is 11.9. The number of thioether (sulfide) groups is 1. The molecule has 0 bridgehead atoms. The van der Waals surface area contributed by atoms with Gasteiger partial charge in [0.15, 0.2) is 5.01 Å². The first-order valence-corrected chi connectivity index (χ1v) is 7.59. The van der Waals surface area contributed by atoms with E-state index in [4.69, 9.17) is 0 Å². The number of rotatable bonds is 4. The molecule has 0 aliphatic carbocycles. The summed E-state index contributed by atoms with van der Waals surface area (Å²) in [5.74, 6) is 1.11. The SMILES string of the molecule is CC1(CNC(=O)Nc2nnc(C(F)F)s2)CCCS1. The van der Waals surface area contributed by atoms with Crippen LogP contribution in [-0.2, 0) is 0 Å². The van der Waals surface area contributed by atoms with Crippen molar-refractivity contribution in [2.45, 2.75) is 30.9 Å². The molecule has 0 saturated carbocycles. The van der Waals surface area contributed by atoms with Gasteiger partial charge in [-0.2, -0.15) is 11.8 Å². The summed E-state index contributed by atoms with van der Waals surface area (Å²) >= 11 is 2.51. The summed E-state index contributed by atoms with van der Waals surface area (Å²) in [6.07, 6.45) is -0.449. The molecule has 1 saturated heterocycles. The van der Waals surface area contributed by atoms with Crippen LogP contribution in [0.25, 0.3) is 0 Å². The topological polar surface area (TPSA) is 66.9 Å². The molecule has 1 unspecified atom stereocenters. The second-order valence-electron chi connectivity index (χ2n) is 4.46. The largest absolute Gasteiger partial charge is 0.336 e. The first-order valence-electron chi connectivity index (χ1n) is 5.79. The molecule has 0 spiro atoms. The number of hydrogen-bond acceptors (Lipinski definition) is 5. The van der Waals surface area contributed by atoms with Crippen molar-refractivity contribution in [2.24, 2.45) is 0 Å². The Hall–Kier alpha value is -0.960. The number of nitrogens with zero attached hydrogens (tertiary/aromatic N) is 2. The van der Waals surface area contributed by atoms with Gasteiger partial charge < -0.3 is 5.32 Å². The van der Waals surface area contributed by atoms with Crippen molar-refractivity contribution >= 4 is 34.3 Å². The van der Waals surface area contributed by atoms with E-state index in [-0.39, 0.29) is 9.88 Å². The number of nitrogens with one attached hydrogen (secondary N) is 2. The molecule has 1 aromatic heterocycles. The summed E-state index contributed by atoms with van der Waals surface area (Å²) in [6, 6.07) is -0.439. The Labute approximate surface area is 117 Å². The van der Waals surface area contributed by atoms with E-state index in [1.807, 2.05) is 11.8 Å². The third-order valence-corrected chi connectivity index (χ3v) is 5.16. The molecule has 1 fully saturated rings. The van der Waals surface area contributed by atoms with Crippen molar-refractivity contribution in [3.05, 3.63) is 5.01 Å². The lowest BCUT2D eigenvalue weighted by Crippen LogP contribution is -2.39. The predicted octanol–water partition coefficient (Wildman–Crippen LogP) is 2.88. The van der Waals surface area contributed by atoms with Crippen LogP contribution in [0, 0.1) is 0 Å². The lowest BCUT2D eigenvalue weighted by Gasteiger charge is -2.22. The molecule has 2 heterocycles. The third-order valence-electron chi connectivity index (χ3n) is 2.77. The molecule has 2 N–H and O–H groups in total. The van der Waals surface area contributed by atoms with Crippen LogP contribution in [0.3, 0.4) is 0 Å². The number of amides is 2. The summed E-state index contributed by atoms with van der Waals surface area (Å²) in [5.41, 5.74) is 0. The van der Waals surface area contributed by atoms with Gasteiger partial charge in [0.2, 0.25) is 5.13 Å². The quantitative estimate of drug-likeness (QED) is 0.897. The van der Waals surface area contributed by atoms with Gasteiger partial charge in [-0.05, 0) is 25.5 Å². The molecule has 1 aliphatic rings. The first kappa shape index (κ1) is 14.4. The van der Waals surface area contributed by atoms with Crippen molar-refractivity contribution in [3.8, 4) is 0 Å². The van der Waals surface area contributed by atoms with Gasteiger partial charge in [-0.25, -0.2) is 13.6 Å². The Balaban J connectivity index is 1.80. The summed E-state index contributed by atoms with van der Waals surface area (Å²) in [6.45, 7) is 2.65. The van der Waals surface area contributed by atoms with Crippen LogP contribution >= 0.6 is 23.1 Å². The van der Waals surface area contributed by atoms with Crippen LogP contribution in [0.2, 0.25) is 0 Å². The van der Waals surface area contributed by atoms with Crippen LogP contribution in [0.4, 0.5) is 18.7 Å². The third kappa shape index (κ3) is 4.00. The Bertz CT molecular complexity index is 448. The van der Waals surface area contributed by atoms with Crippen molar-refractivity contribution in [1.29, 1.82) is 0 Å². The molecule has 9 heteroatoms. The van der Waals surface area contributed by atoms with E-state index in [9.17, 15) is 13.6 Å². The van der Waals surface area contributed by atoms with Crippen molar-refractivity contribution in [3.63, 3.8) is 0 Å². The van der Waals surface area contributed by atoms with Gasteiger partial charge in [0.05, 0.1) is 0 Å². The minimum atomic E-state index is -2.66. The van der Waals surface area contributed by atoms with Gasteiger partial charge in [-0.15, -0.1) is 10.2 Å². The maximum Gasteiger partial charge on any atom is 0.321 e. The molecule has 5 nitrogen and oxygen atoms in total. The zero-order chi connectivity index (χ0) is 13.9. The summed E-state index contributed by atoms with van der Waals surface area (Å²) in [5, 5.41) is 11.6. The van der Waals surface area contributed by atoms with Gasteiger partial charge in [0.25, 0.3) is 6.43 Å². The molecule has 106 valence electrons. The van der Waals surface area contributed by atoms with Crippen molar-refractivity contribution < 1.29 is 13.6 Å². The van der Waals surface area contributed by atoms with E-state index in [1.165, 1.54) is 0 Å². The average molecular weight is 308 g/mol. The van der Waals surface area contributed by atoms with E-state index < -0.39 is 17.5 Å². The van der Waals surface area contributed by atoms with E-state index in [0.717, 1.165) is 18.6 Å².